The predicted octanol–water partition coefficient (Wildman–Crippen LogP) is 4.29. The van der Waals surface area contributed by atoms with Gasteiger partial charge in [0.15, 0.2) is 0 Å². The van der Waals surface area contributed by atoms with Gasteiger partial charge in [-0.15, -0.1) is 0 Å². The van der Waals surface area contributed by atoms with Crippen LogP contribution in [-0.2, 0) is 9.59 Å². The number of hydrogen-bond acceptors (Lipinski definition) is 2. The van der Waals surface area contributed by atoms with Crippen molar-refractivity contribution >= 4 is 11.9 Å². The zero-order valence-electron chi connectivity index (χ0n) is 14.3. The molecule has 0 saturated carbocycles. The Morgan fingerprint density at radius 3 is 1.50 bits per heavy atom. The van der Waals surface area contributed by atoms with Crippen molar-refractivity contribution in [1.82, 2.24) is 0 Å². The SMILES string of the molecule is CC(C)C(=O)O.CC(C)CC(C)(C)CC(C)(C)C(=O)O. The Morgan fingerprint density at radius 1 is 0.950 bits per heavy atom. The molecule has 0 aliphatic rings. The lowest BCUT2D eigenvalue weighted by Crippen LogP contribution is -2.31. The van der Waals surface area contributed by atoms with E-state index in [-0.39, 0.29) is 11.3 Å². The molecule has 0 aromatic rings. The first-order chi connectivity index (χ1) is 8.71. The van der Waals surface area contributed by atoms with E-state index in [2.05, 4.69) is 27.7 Å². The quantitative estimate of drug-likeness (QED) is 0.764. The third-order valence-electron chi connectivity index (χ3n) is 2.95. The number of aliphatic carboxylic acids is 2. The molecule has 4 heteroatoms. The lowest BCUT2D eigenvalue weighted by atomic mass is 9.71. The summed E-state index contributed by atoms with van der Waals surface area (Å²) in [5, 5.41) is 17.0. The van der Waals surface area contributed by atoms with E-state index >= 15 is 0 Å². The van der Waals surface area contributed by atoms with Crippen molar-refractivity contribution in [3.63, 3.8) is 0 Å². The number of carbonyl (C=O) groups is 2. The summed E-state index contributed by atoms with van der Waals surface area (Å²) in [6, 6.07) is 0. The van der Waals surface area contributed by atoms with E-state index in [9.17, 15) is 9.59 Å². The molecule has 0 spiro atoms. The molecule has 0 aromatic carbocycles. The molecule has 0 heterocycles. The number of rotatable bonds is 6. The zero-order chi connectivity index (χ0) is 16.7. The fourth-order valence-corrected chi connectivity index (χ4v) is 2.45. The van der Waals surface area contributed by atoms with Crippen molar-refractivity contribution in [2.75, 3.05) is 0 Å². The molecular weight excluding hydrogens is 256 g/mol. The Labute approximate surface area is 123 Å². The van der Waals surface area contributed by atoms with Crippen LogP contribution < -0.4 is 0 Å². The van der Waals surface area contributed by atoms with E-state index in [1.165, 1.54) is 0 Å². The van der Waals surface area contributed by atoms with Crippen molar-refractivity contribution in [3.05, 3.63) is 0 Å². The van der Waals surface area contributed by atoms with Crippen molar-refractivity contribution < 1.29 is 19.8 Å². The highest BCUT2D eigenvalue weighted by Gasteiger charge is 2.34. The van der Waals surface area contributed by atoms with Gasteiger partial charge in [-0.3, -0.25) is 9.59 Å². The molecule has 120 valence electrons. The van der Waals surface area contributed by atoms with Crippen LogP contribution in [0, 0.1) is 22.7 Å². The van der Waals surface area contributed by atoms with Gasteiger partial charge in [0.2, 0.25) is 0 Å². The Kier molecular flexibility index (Phi) is 8.79. The van der Waals surface area contributed by atoms with Gasteiger partial charge in [0.1, 0.15) is 0 Å². The molecule has 0 aliphatic carbocycles. The van der Waals surface area contributed by atoms with Crippen LogP contribution in [0.4, 0.5) is 0 Å². The summed E-state index contributed by atoms with van der Waals surface area (Å²) in [5.41, 5.74) is -0.506. The zero-order valence-corrected chi connectivity index (χ0v) is 14.3. The minimum absolute atomic E-state index is 0.107. The first kappa shape index (κ1) is 21.2. The van der Waals surface area contributed by atoms with Gasteiger partial charge in [-0.25, -0.2) is 0 Å². The van der Waals surface area contributed by atoms with E-state index in [4.69, 9.17) is 10.2 Å². The Hall–Kier alpha value is -1.06. The second-order valence-electron chi connectivity index (χ2n) is 7.62. The normalized spacial score (nSPS) is 12.1. The largest absolute Gasteiger partial charge is 0.481 e. The maximum absolute atomic E-state index is 11.0. The maximum Gasteiger partial charge on any atom is 0.309 e. The molecule has 0 atom stereocenters. The Morgan fingerprint density at radius 2 is 1.30 bits per heavy atom. The topological polar surface area (TPSA) is 74.6 Å². The summed E-state index contributed by atoms with van der Waals surface area (Å²) in [6.07, 6.45) is 1.80. The van der Waals surface area contributed by atoms with Crippen molar-refractivity contribution in [3.8, 4) is 0 Å². The highest BCUT2D eigenvalue weighted by Crippen LogP contribution is 2.38. The third-order valence-corrected chi connectivity index (χ3v) is 2.95. The number of carboxylic acids is 2. The molecule has 0 radical (unpaired) electrons. The number of carboxylic acid groups (broad SMARTS) is 2. The van der Waals surface area contributed by atoms with Crippen LogP contribution in [0.1, 0.15) is 68.2 Å². The molecule has 0 bridgehead atoms. The Balaban J connectivity index is 0. The summed E-state index contributed by atoms with van der Waals surface area (Å²) in [5.74, 6) is -1.05. The van der Waals surface area contributed by atoms with Crippen molar-refractivity contribution in [1.29, 1.82) is 0 Å². The Bertz CT molecular complexity index is 314. The van der Waals surface area contributed by atoms with Crippen LogP contribution in [0.5, 0.6) is 0 Å². The van der Waals surface area contributed by atoms with Gasteiger partial charge in [0.25, 0.3) is 0 Å². The molecule has 20 heavy (non-hydrogen) atoms. The van der Waals surface area contributed by atoms with Crippen LogP contribution in [-0.4, -0.2) is 22.2 Å². The summed E-state index contributed by atoms with van der Waals surface area (Å²) in [4.78, 5) is 20.7. The molecule has 0 aliphatic heterocycles. The molecule has 0 saturated heterocycles. The molecule has 0 amide bonds. The summed E-state index contributed by atoms with van der Waals surface area (Å²) in [6.45, 7) is 15.5. The van der Waals surface area contributed by atoms with Gasteiger partial charge in [-0.2, -0.15) is 0 Å². The standard InChI is InChI=1S/C12H24O2.C4H8O2/c1-9(2)7-11(3,4)8-12(5,6)10(13)14;1-3(2)4(5)6/h9H,7-8H2,1-6H3,(H,13,14);3H,1-2H3,(H,5,6). The lowest BCUT2D eigenvalue weighted by Gasteiger charge is -2.33. The van der Waals surface area contributed by atoms with Gasteiger partial charge >= 0.3 is 11.9 Å². The van der Waals surface area contributed by atoms with Gasteiger partial charge in [0, 0.05) is 0 Å². The smallest absolute Gasteiger partial charge is 0.309 e. The first-order valence-corrected chi connectivity index (χ1v) is 7.17. The van der Waals surface area contributed by atoms with Gasteiger partial charge in [-0.05, 0) is 38.0 Å². The van der Waals surface area contributed by atoms with E-state index < -0.39 is 17.4 Å². The second kappa shape index (κ2) is 8.28. The van der Waals surface area contributed by atoms with Crippen LogP contribution in [0.15, 0.2) is 0 Å². The van der Waals surface area contributed by atoms with E-state index in [0.29, 0.717) is 5.92 Å². The number of hydrogen-bond donors (Lipinski definition) is 2. The monoisotopic (exact) mass is 288 g/mol. The third kappa shape index (κ3) is 10.8. The van der Waals surface area contributed by atoms with E-state index in [1.54, 1.807) is 27.7 Å². The average molecular weight is 288 g/mol. The van der Waals surface area contributed by atoms with Gasteiger partial charge < -0.3 is 10.2 Å². The average Bonchev–Trinajstić information content (AvgIpc) is 2.13. The van der Waals surface area contributed by atoms with E-state index in [1.807, 2.05) is 0 Å². The molecule has 0 aromatic heterocycles. The molecule has 0 fully saturated rings. The summed E-state index contributed by atoms with van der Waals surface area (Å²) < 4.78 is 0. The van der Waals surface area contributed by atoms with Crippen molar-refractivity contribution in [2.45, 2.75) is 68.2 Å². The maximum atomic E-state index is 11.0. The van der Waals surface area contributed by atoms with Crippen LogP contribution in [0.2, 0.25) is 0 Å². The van der Waals surface area contributed by atoms with Gasteiger partial charge in [0.05, 0.1) is 11.3 Å². The molecule has 4 nitrogen and oxygen atoms in total. The predicted molar refractivity (Wildman–Crippen MR) is 81.7 cm³/mol. The van der Waals surface area contributed by atoms with Gasteiger partial charge in [-0.1, -0.05) is 41.5 Å². The van der Waals surface area contributed by atoms with Crippen LogP contribution >= 0.6 is 0 Å². The fourth-order valence-electron chi connectivity index (χ4n) is 2.45. The molecular formula is C16H32O4. The second-order valence-corrected chi connectivity index (χ2v) is 7.62. The first-order valence-electron chi connectivity index (χ1n) is 7.17. The molecule has 2 N–H and O–H groups in total. The minimum Gasteiger partial charge on any atom is -0.481 e. The van der Waals surface area contributed by atoms with E-state index in [0.717, 1.165) is 12.8 Å². The minimum atomic E-state index is -0.741. The van der Waals surface area contributed by atoms with Crippen LogP contribution in [0.25, 0.3) is 0 Å². The van der Waals surface area contributed by atoms with Crippen LogP contribution in [0.3, 0.4) is 0 Å². The highest BCUT2D eigenvalue weighted by atomic mass is 16.4. The molecule has 0 rings (SSSR count). The lowest BCUT2D eigenvalue weighted by molar-refractivity contribution is -0.148. The summed E-state index contributed by atoms with van der Waals surface area (Å²) >= 11 is 0. The summed E-state index contributed by atoms with van der Waals surface area (Å²) in [7, 11) is 0. The molecule has 0 unspecified atom stereocenters. The fraction of sp³-hybridized carbons (Fsp3) is 0.875. The van der Waals surface area contributed by atoms with Crippen molar-refractivity contribution in [2.24, 2.45) is 22.7 Å². The highest BCUT2D eigenvalue weighted by molar-refractivity contribution is 5.73.